The molecule has 1 amide bonds. The van der Waals surface area contributed by atoms with Gasteiger partial charge in [-0.25, -0.2) is 4.79 Å². The van der Waals surface area contributed by atoms with E-state index in [0.717, 1.165) is 0 Å². The molecular formula is C6H7N3O2. The van der Waals surface area contributed by atoms with Crippen molar-refractivity contribution in [3.05, 3.63) is 18.3 Å². The quantitative estimate of drug-likeness (QED) is 0.625. The highest BCUT2D eigenvalue weighted by Gasteiger charge is 1.99. The maximum atomic E-state index is 10.6. The molecule has 58 valence electrons. The summed E-state index contributed by atoms with van der Waals surface area (Å²) in [5.41, 5.74) is 0. The molecule has 5 nitrogen and oxygen atoms in total. The summed E-state index contributed by atoms with van der Waals surface area (Å²) >= 11 is 0. The van der Waals surface area contributed by atoms with Crippen molar-refractivity contribution in [2.75, 3.05) is 7.05 Å². The Morgan fingerprint density at radius 1 is 1.73 bits per heavy atom. The minimum Gasteiger partial charge on any atom is -0.390 e. The van der Waals surface area contributed by atoms with Crippen molar-refractivity contribution in [1.82, 2.24) is 15.5 Å². The van der Waals surface area contributed by atoms with E-state index >= 15 is 0 Å². The number of nitrogens with one attached hydrogen (secondary N) is 1. The second-order valence-corrected chi connectivity index (χ2v) is 1.70. The maximum Gasteiger partial charge on any atom is 0.413 e. The molecule has 0 saturated heterocycles. The Balaban J connectivity index is 2.58. The van der Waals surface area contributed by atoms with E-state index in [0.29, 0.717) is 0 Å². The van der Waals surface area contributed by atoms with E-state index in [4.69, 9.17) is 0 Å². The lowest BCUT2D eigenvalue weighted by Crippen LogP contribution is -2.22. The predicted molar refractivity (Wildman–Crippen MR) is 37.1 cm³/mol. The van der Waals surface area contributed by atoms with E-state index in [9.17, 15) is 4.79 Å². The summed E-state index contributed by atoms with van der Waals surface area (Å²) in [7, 11) is 1.47. The van der Waals surface area contributed by atoms with E-state index in [1.54, 1.807) is 12.1 Å². The van der Waals surface area contributed by atoms with E-state index in [2.05, 4.69) is 20.3 Å². The second kappa shape index (κ2) is 3.50. The lowest BCUT2D eigenvalue weighted by atomic mass is 10.6. The molecule has 1 heterocycles. The van der Waals surface area contributed by atoms with Crippen LogP contribution in [0.5, 0.6) is 5.88 Å². The van der Waals surface area contributed by atoms with Gasteiger partial charge in [-0.1, -0.05) is 0 Å². The molecule has 0 unspecified atom stereocenters. The lowest BCUT2D eigenvalue weighted by molar-refractivity contribution is 0.200. The molecule has 0 saturated carbocycles. The predicted octanol–water partition coefficient (Wildman–Crippen LogP) is 0.195. The van der Waals surface area contributed by atoms with Crippen LogP contribution in [0.4, 0.5) is 4.79 Å². The fourth-order valence-electron chi connectivity index (χ4n) is 0.488. The normalized spacial score (nSPS) is 8.82. The van der Waals surface area contributed by atoms with Crippen molar-refractivity contribution in [2.24, 2.45) is 0 Å². The summed E-state index contributed by atoms with van der Waals surface area (Å²) in [5.74, 6) is 0.187. The molecule has 0 fully saturated rings. The van der Waals surface area contributed by atoms with Gasteiger partial charge in [0.05, 0.1) is 0 Å². The fourth-order valence-corrected chi connectivity index (χ4v) is 0.488. The van der Waals surface area contributed by atoms with Gasteiger partial charge in [-0.3, -0.25) is 0 Å². The summed E-state index contributed by atoms with van der Waals surface area (Å²) in [4.78, 5) is 10.6. The summed E-state index contributed by atoms with van der Waals surface area (Å²) in [5, 5.41) is 9.34. The number of rotatable bonds is 1. The third-order valence-electron chi connectivity index (χ3n) is 0.949. The Morgan fingerprint density at radius 2 is 2.55 bits per heavy atom. The van der Waals surface area contributed by atoms with Crippen LogP contribution in [0.25, 0.3) is 0 Å². The van der Waals surface area contributed by atoms with Crippen LogP contribution in [0.15, 0.2) is 18.3 Å². The van der Waals surface area contributed by atoms with Crippen molar-refractivity contribution in [3.63, 3.8) is 0 Å². The Kier molecular flexibility index (Phi) is 2.37. The van der Waals surface area contributed by atoms with E-state index in [1.807, 2.05) is 0 Å². The molecule has 0 bridgehead atoms. The van der Waals surface area contributed by atoms with E-state index in [-0.39, 0.29) is 5.88 Å². The summed E-state index contributed by atoms with van der Waals surface area (Å²) < 4.78 is 4.64. The fraction of sp³-hybridized carbons (Fsp3) is 0.167. The largest absolute Gasteiger partial charge is 0.413 e. The Hall–Kier alpha value is -1.65. The smallest absolute Gasteiger partial charge is 0.390 e. The number of aromatic nitrogens is 2. The first-order valence-corrected chi connectivity index (χ1v) is 3.00. The monoisotopic (exact) mass is 153 g/mol. The minimum atomic E-state index is -0.550. The molecule has 1 N–H and O–H groups in total. The molecule has 1 rings (SSSR count). The molecule has 0 atom stereocenters. The van der Waals surface area contributed by atoms with Gasteiger partial charge >= 0.3 is 6.09 Å². The molecular weight excluding hydrogens is 146 g/mol. The number of hydrogen-bond donors (Lipinski definition) is 1. The molecule has 5 heteroatoms. The zero-order valence-corrected chi connectivity index (χ0v) is 5.94. The average molecular weight is 153 g/mol. The second-order valence-electron chi connectivity index (χ2n) is 1.70. The number of nitrogens with zero attached hydrogens (tertiary/aromatic N) is 2. The molecule has 11 heavy (non-hydrogen) atoms. The number of hydrogen-bond acceptors (Lipinski definition) is 4. The zero-order chi connectivity index (χ0) is 8.10. The van der Waals surface area contributed by atoms with E-state index < -0.39 is 6.09 Å². The molecule has 0 aliphatic rings. The van der Waals surface area contributed by atoms with Gasteiger partial charge in [0.1, 0.15) is 0 Å². The van der Waals surface area contributed by atoms with Crippen molar-refractivity contribution >= 4 is 6.09 Å². The summed E-state index contributed by atoms with van der Waals surface area (Å²) in [6, 6.07) is 3.17. The third kappa shape index (κ3) is 2.21. The number of carbonyl (C=O) groups excluding carboxylic acids is 1. The highest BCUT2D eigenvalue weighted by molar-refractivity contribution is 5.69. The van der Waals surface area contributed by atoms with Gasteiger partial charge in [-0.05, 0) is 6.07 Å². The molecule has 0 aromatic carbocycles. The van der Waals surface area contributed by atoms with Gasteiger partial charge in [0.25, 0.3) is 0 Å². The van der Waals surface area contributed by atoms with Gasteiger partial charge in [0, 0.05) is 19.3 Å². The van der Waals surface area contributed by atoms with Crippen molar-refractivity contribution in [2.45, 2.75) is 0 Å². The molecule has 0 aliphatic carbocycles. The molecule has 0 radical (unpaired) electrons. The Morgan fingerprint density at radius 3 is 3.09 bits per heavy atom. The highest BCUT2D eigenvalue weighted by atomic mass is 16.6. The maximum absolute atomic E-state index is 10.6. The zero-order valence-electron chi connectivity index (χ0n) is 5.94. The lowest BCUT2D eigenvalue weighted by Gasteiger charge is -1.98. The standard InChI is InChI=1S/C6H7N3O2/c1-7-6(10)11-5-3-2-4-8-9-5/h2-4H,1H3,(H,7,10). The SMILES string of the molecule is CNC(=O)Oc1cccnn1. The molecule has 1 aromatic heterocycles. The van der Waals surface area contributed by atoms with Gasteiger partial charge in [0.15, 0.2) is 0 Å². The van der Waals surface area contributed by atoms with Crippen LogP contribution in [-0.4, -0.2) is 23.3 Å². The van der Waals surface area contributed by atoms with Crippen LogP contribution in [-0.2, 0) is 0 Å². The number of amides is 1. The van der Waals surface area contributed by atoms with Crippen LogP contribution < -0.4 is 10.1 Å². The summed E-state index contributed by atoms with van der Waals surface area (Å²) in [6.07, 6.45) is 0.946. The van der Waals surface area contributed by atoms with Crippen LogP contribution in [0.1, 0.15) is 0 Å². The molecule has 1 aromatic rings. The van der Waals surface area contributed by atoms with Crippen molar-refractivity contribution < 1.29 is 9.53 Å². The topological polar surface area (TPSA) is 64.1 Å². The molecule has 0 aliphatic heterocycles. The van der Waals surface area contributed by atoms with Crippen LogP contribution in [0.2, 0.25) is 0 Å². The highest BCUT2D eigenvalue weighted by Crippen LogP contribution is 2.00. The van der Waals surface area contributed by atoms with Crippen LogP contribution in [0.3, 0.4) is 0 Å². The van der Waals surface area contributed by atoms with Crippen molar-refractivity contribution in [1.29, 1.82) is 0 Å². The van der Waals surface area contributed by atoms with Gasteiger partial charge in [-0.15, -0.1) is 5.10 Å². The Labute approximate surface area is 63.4 Å². The van der Waals surface area contributed by atoms with Gasteiger partial charge in [0.2, 0.25) is 5.88 Å². The minimum absolute atomic E-state index is 0.187. The number of carbonyl (C=O) groups is 1. The van der Waals surface area contributed by atoms with Crippen molar-refractivity contribution in [3.8, 4) is 5.88 Å². The van der Waals surface area contributed by atoms with Crippen LogP contribution in [0, 0.1) is 0 Å². The summed E-state index contributed by atoms with van der Waals surface area (Å²) in [6.45, 7) is 0. The number of ether oxygens (including phenoxy) is 1. The average Bonchev–Trinajstić information content (AvgIpc) is 2.06. The van der Waals surface area contributed by atoms with Gasteiger partial charge in [-0.2, -0.15) is 5.10 Å². The van der Waals surface area contributed by atoms with Crippen LogP contribution >= 0.6 is 0 Å². The first-order chi connectivity index (χ1) is 5.33. The molecule has 0 spiro atoms. The first kappa shape index (κ1) is 7.46. The third-order valence-corrected chi connectivity index (χ3v) is 0.949. The van der Waals surface area contributed by atoms with Gasteiger partial charge < -0.3 is 10.1 Å². The first-order valence-electron chi connectivity index (χ1n) is 3.00. The van der Waals surface area contributed by atoms with E-state index in [1.165, 1.54) is 13.2 Å². The Bertz CT molecular complexity index is 237.